The minimum Gasteiger partial charge on any atom is -0.399 e. The third kappa shape index (κ3) is 4.60. The monoisotopic (exact) mass is 217 g/mol. The van der Waals surface area contributed by atoms with E-state index in [4.69, 9.17) is 5.73 Å². The van der Waals surface area contributed by atoms with Crippen molar-refractivity contribution in [2.45, 2.75) is 12.8 Å². The van der Waals surface area contributed by atoms with Crippen molar-refractivity contribution in [3.63, 3.8) is 0 Å². The number of nitrogens with two attached hydrogens (primary N) is 1. The molecule has 0 aliphatic heterocycles. The van der Waals surface area contributed by atoms with Crippen LogP contribution in [0.5, 0.6) is 0 Å². The number of nitrogen functional groups attached to an aromatic ring is 1. The first kappa shape index (κ1) is 12.2. The highest BCUT2D eigenvalue weighted by Gasteiger charge is 1.90. The van der Waals surface area contributed by atoms with Crippen molar-refractivity contribution >= 4 is 5.69 Å². The van der Waals surface area contributed by atoms with Crippen LogP contribution < -0.4 is 5.73 Å². The Morgan fingerprint density at radius 2 is 2.00 bits per heavy atom. The number of benzene rings is 1. The molecular formula is C14H16FN. The molecule has 1 rings (SSSR count). The third-order valence-corrected chi connectivity index (χ3v) is 2.09. The first-order chi connectivity index (χ1) is 7.72. The summed E-state index contributed by atoms with van der Waals surface area (Å²) in [6.07, 6.45) is 7.67. The quantitative estimate of drug-likeness (QED) is 0.453. The highest BCUT2D eigenvalue weighted by molar-refractivity contribution is 5.39. The van der Waals surface area contributed by atoms with Crippen LogP contribution in [0, 0.1) is 0 Å². The van der Waals surface area contributed by atoms with Crippen LogP contribution in [0.15, 0.2) is 61.0 Å². The highest BCUT2D eigenvalue weighted by Crippen LogP contribution is 2.08. The summed E-state index contributed by atoms with van der Waals surface area (Å²) < 4.78 is 13.1. The van der Waals surface area contributed by atoms with Crippen molar-refractivity contribution in [2.75, 3.05) is 5.73 Å². The van der Waals surface area contributed by atoms with E-state index in [9.17, 15) is 4.39 Å². The zero-order chi connectivity index (χ0) is 11.8. The molecule has 0 fully saturated rings. The third-order valence-electron chi connectivity index (χ3n) is 2.09. The van der Waals surface area contributed by atoms with Crippen LogP contribution in [0.2, 0.25) is 0 Å². The van der Waals surface area contributed by atoms with Crippen molar-refractivity contribution in [1.29, 1.82) is 0 Å². The molecule has 16 heavy (non-hydrogen) atoms. The Morgan fingerprint density at radius 3 is 2.62 bits per heavy atom. The molecule has 0 bridgehead atoms. The summed E-state index contributed by atoms with van der Waals surface area (Å²) in [6.45, 7) is 3.52. The average Bonchev–Trinajstić information content (AvgIpc) is 2.29. The molecule has 0 aliphatic rings. The first-order valence-electron chi connectivity index (χ1n) is 5.20. The van der Waals surface area contributed by atoms with Gasteiger partial charge in [-0.1, -0.05) is 24.3 Å². The standard InChI is InChI=1S/C14H16FN/c1-2-3-6-13(15)7-4-5-12-8-10-14(16)11-9-12/h2,4,6-11H,1,3,5,16H2/b7-4-,13-6+. The second kappa shape index (κ2) is 6.62. The molecule has 0 amide bonds. The predicted molar refractivity (Wildman–Crippen MR) is 67.7 cm³/mol. The molecule has 0 radical (unpaired) electrons. The van der Waals surface area contributed by atoms with Gasteiger partial charge >= 0.3 is 0 Å². The molecule has 84 valence electrons. The van der Waals surface area contributed by atoms with Crippen molar-refractivity contribution in [3.05, 3.63) is 66.5 Å². The van der Waals surface area contributed by atoms with E-state index in [1.807, 2.05) is 24.3 Å². The lowest BCUT2D eigenvalue weighted by Crippen LogP contribution is -1.85. The summed E-state index contributed by atoms with van der Waals surface area (Å²) in [4.78, 5) is 0. The zero-order valence-electron chi connectivity index (χ0n) is 9.20. The van der Waals surface area contributed by atoms with Gasteiger partial charge in [0.2, 0.25) is 0 Å². The fourth-order valence-electron chi connectivity index (χ4n) is 1.23. The van der Waals surface area contributed by atoms with E-state index in [1.165, 1.54) is 12.2 Å². The van der Waals surface area contributed by atoms with E-state index < -0.39 is 0 Å². The maximum absolute atomic E-state index is 13.1. The molecule has 0 saturated heterocycles. The smallest absolute Gasteiger partial charge is 0.119 e. The summed E-state index contributed by atoms with van der Waals surface area (Å²) in [7, 11) is 0. The van der Waals surface area contributed by atoms with Gasteiger partial charge in [-0.15, -0.1) is 6.58 Å². The lowest BCUT2D eigenvalue weighted by Gasteiger charge is -1.96. The molecule has 2 N–H and O–H groups in total. The van der Waals surface area contributed by atoms with Gasteiger partial charge in [0.15, 0.2) is 0 Å². The molecule has 0 spiro atoms. The molecule has 0 heterocycles. The maximum atomic E-state index is 13.1. The highest BCUT2D eigenvalue weighted by atomic mass is 19.1. The second-order valence-electron chi connectivity index (χ2n) is 3.46. The van der Waals surface area contributed by atoms with Gasteiger partial charge in [-0.3, -0.25) is 0 Å². The van der Waals surface area contributed by atoms with Crippen LogP contribution in [0.3, 0.4) is 0 Å². The lowest BCUT2D eigenvalue weighted by atomic mass is 10.1. The van der Waals surface area contributed by atoms with Gasteiger partial charge in [0.05, 0.1) is 0 Å². The Balaban J connectivity index is 2.47. The molecule has 0 aliphatic carbocycles. The minimum absolute atomic E-state index is 0.227. The van der Waals surface area contributed by atoms with Crippen LogP contribution in [-0.4, -0.2) is 0 Å². The van der Waals surface area contributed by atoms with E-state index in [0.717, 1.165) is 11.3 Å². The van der Waals surface area contributed by atoms with Gasteiger partial charge in [0, 0.05) is 5.69 Å². The number of hydrogen-bond acceptors (Lipinski definition) is 1. The van der Waals surface area contributed by atoms with Crippen LogP contribution >= 0.6 is 0 Å². The fraction of sp³-hybridized carbons (Fsp3) is 0.143. The van der Waals surface area contributed by atoms with Crippen LogP contribution in [-0.2, 0) is 6.42 Å². The number of anilines is 1. The molecule has 0 saturated carbocycles. The van der Waals surface area contributed by atoms with Gasteiger partial charge in [0.25, 0.3) is 0 Å². The number of hydrogen-bond donors (Lipinski definition) is 1. The summed E-state index contributed by atoms with van der Waals surface area (Å²) in [5.41, 5.74) is 7.42. The van der Waals surface area contributed by atoms with Crippen molar-refractivity contribution in [2.24, 2.45) is 0 Å². The van der Waals surface area contributed by atoms with E-state index >= 15 is 0 Å². The van der Waals surface area contributed by atoms with Crippen LogP contribution in [0.1, 0.15) is 12.0 Å². The first-order valence-corrected chi connectivity index (χ1v) is 5.20. The van der Waals surface area contributed by atoms with Gasteiger partial charge in [-0.25, -0.2) is 4.39 Å². The normalized spacial score (nSPS) is 11.9. The summed E-state index contributed by atoms with van der Waals surface area (Å²) >= 11 is 0. The minimum atomic E-state index is -0.227. The van der Waals surface area contributed by atoms with Gasteiger partial charge in [-0.2, -0.15) is 0 Å². The van der Waals surface area contributed by atoms with E-state index in [0.29, 0.717) is 12.8 Å². The Labute approximate surface area is 95.8 Å². The zero-order valence-corrected chi connectivity index (χ0v) is 9.20. The summed E-state index contributed by atoms with van der Waals surface area (Å²) in [5.74, 6) is -0.227. The molecule has 0 unspecified atom stereocenters. The van der Waals surface area contributed by atoms with Crippen molar-refractivity contribution in [3.8, 4) is 0 Å². The van der Waals surface area contributed by atoms with E-state index in [2.05, 4.69) is 6.58 Å². The molecular weight excluding hydrogens is 201 g/mol. The van der Waals surface area contributed by atoms with Crippen molar-refractivity contribution in [1.82, 2.24) is 0 Å². The Bertz CT molecular complexity index is 388. The van der Waals surface area contributed by atoms with Crippen LogP contribution in [0.4, 0.5) is 10.1 Å². The maximum Gasteiger partial charge on any atom is 0.119 e. The summed E-state index contributed by atoms with van der Waals surface area (Å²) in [6, 6.07) is 7.55. The Hall–Kier alpha value is -1.83. The van der Waals surface area contributed by atoms with Gasteiger partial charge in [0.1, 0.15) is 5.83 Å². The topological polar surface area (TPSA) is 26.0 Å². The Kier molecular flexibility index (Phi) is 5.06. The van der Waals surface area contributed by atoms with E-state index in [1.54, 1.807) is 12.2 Å². The molecule has 1 aromatic rings. The van der Waals surface area contributed by atoms with Crippen LogP contribution in [0.25, 0.3) is 0 Å². The molecule has 2 heteroatoms. The van der Waals surface area contributed by atoms with E-state index in [-0.39, 0.29) is 5.83 Å². The molecule has 1 aromatic carbocycles. The number of rotatable bonds is 5. The molecule has 0 aromatic heterocycles. The van der Waals surface area contributed by atoms with Crippen molar-refractivity contribution < 1.29 is 4.39 Å². The average molecular weight is 217 g/mol. The number of halogens is 1. The lowest BCUT2D eigenvalue weighted by molar-refractivity contribution is 0.662. The van der Waals surface area contributed by atoms with Gasteiger partial charge in [-0.05, 0) is 42.7 Å². The SMILES string of the molecule is C=CC/C=C(F)\C=C/Cc1ccc(N)cc1. The second-order valence-corrected chi connectivity index (χ2v) is 3.46. The number of allylic oxidation sites excluding steroid dienone is 5. The molecule has 1 nitrogen and oxygen atoms in total. The Morgan fingerprint density at radius 1 is 1.31 bits per heavy atom. The molecule has 0 atom stereocenters. The largest absolute Gasteiger partial charge is 0.399 e. The van der Waals surface area contributed by atoms with Gasteiger partial charge < -0.3 is 5.73 Å². The summed E-state index contributed by atoms with van der Waals surface area (Å²) in [5, 5.41) is 0. The fourth-order valence-corrected chi connectivity index (χ4v) is 1.23. The predicted octanol–water partition coefficient (Wildman–Crippen LogP) is 3.80.